The van der Waals surface area contributed by atoms with E-state index < -0.39 is 0 Å². The van der Waals surface area contributed by atoms with Crippen LogP contribution in [0.1, 0.15) is 0 Å². The zero-order valence-electron chi connectivity index (χ0n) is 5.33. The molecule has 2 nitrogen and oxygen atoms in total. The molecule has 0 fully saturated rings. The minimum atomic E-state index is 0.772. The van der Waals surface area contributed by atoms with Gasteiger partial charge in [-0.25, -0.2) is 0 Å². The van der Waals surface area contributed by atoms with Gasteiger partial charge in [-0.3, -0.25) is 5.10 Å². The lowest BCUT2D eigenvalue weighted by molar-refractivity contribution is 1.12. The van der Waals surface area contributed by atoms with Crippen LogP contribution in [0.3, 0.4) is 0 Å². The van der Waals surface area contributed by atoms with Crippen LogP contribution >= 0.6 is 0 Å². The predicted molar refractivity (Wildman–Crippen MR) is 41.5 cm³/mol. The molecule has 0 aliphatic carbocycles. The highest BCUT2D eigenvalue weighted by Crippen LogP contribution is 2.05. The lowest BCUT2D eigenvalue weighted by Gasteiger charge is -1.89. The Balaban J connectivity index is 2.86. The fourth-order valence-corrected chi connectivity index (χ4v) is 0.961. The SMILES string of the molecule is [B]c1ccc2[nH]ncc2c1. The normalized spacial score (nSPS) is 10.4. The highest BCUT2D eigenvalue weighted by Gasteiger charge is 1.91. The van der Waals surface area contributed by atoms with E-state index in [0.717, 1.165) is 16.4 Å². The first-order valence-electron chi connectivity index (χ1n) is 3.05. The second-order valence-corrected chi connectivity index (χ2v) is 2.22. The monoisotopic (exact) mass is 128 g/mol. The molecular weight excluding hydrogens is 123 g/mol. The van der Waals surface area contributed by atoms with Gasteiger partial charge in [0.05, 0.1) is 11.7 Å². The standard InChI is InChI=1S/C7H5BN2/c8-6-1-2-7-5(3-6)4-9-10-7/h1-4H,(H,9,10). The Hall–Kier alpha value is -1.25. The van der Waals surface area contributed by atoms with Gasteiger partial charge in [0, 0.05) is 5.39 Å². The summed E-state index contributed by atoms with van der Waals surface area (Å²) >= 11 is 0. The molecule has 0 aliphatic heterocycles. The molecule has 0 spiro atoms. The van der Waals surface area contributed by atoms with E-state index in [2.05, 4.69) is 10.2 Å². The number of nitrogens with one attached hydrogen (secondary N) is 1. The van der Waals surface area contributed by atoms with E-state index in [0.29, 0.717) is 0 Å². The van der Waals surface area contributed by atoms with Crippen LogP contribution in [0.2, 0.25) is 0 Å². The van der Waals surface area contributed by atoms with Crippen LogP contribution in [0, 0.1) is 0 Å². The third kappa shape index (κ3) is 0.710. The van der Waals surface area contributed by atoms with Crippen LogP contribution in [0.5, 0.6) is 0 Å². The van der Waals surface area contributed by atoms with Crippen molar-refractivity contribution in [3.8, 4) is 0 Å². The van der Waals surface area contributed by atoms with E-state index in [1.807, 2.05) is 18.2 Å². The maximum Gasteiger partial charge on any atom is 0.113 e. The Morgan fingerprint density at radius 2 is 2.30 bits per heavy atom. The van der Waals surface area contributed by atoms with Crippen LogP contribution in [0.25, 0.3) is 10.9 Å². The molecule has 1 aromatic carbocycles. The minimum absolute atomic E-state index is 0.772. The molecule has 0 unspecified atom stereocenters. The van der Waals surface area contributed by atoms with Gasteiger partial charge in [-0.2, -0.15) is 5.10 Å². The van der Waals surface area contributed by atoms with Gasteiger partial charge in [0.2, 0.25) is 0 Å². The summed E-state index contributed by atoms with van der Waals surface area (Å²) in [6.07, 6.45) is 1.76. The quantitative estimate of drug-likeness (QED) is 0.509. The summed E-state index contributed by atoms with van der Waals surface area (Å²) in [7, 11) is 5.54. The van der Waals surface area contributed by atoms with Gasteiger partial charge in [0.1, 0.15) is 7.85 Å². The summed E-state index contributed by atoms with van der Waals surface area (Å²) < 4.78 is 0. The lowest BCUT2D eigenvalue weighted by atomic mass is 9.95. The Morgan fingerprint density at radius 3 is 3.20 bits per heavy atom. The van der Waals surface area contributed by atoms with Crippen molar-refractivity contribution in [1.29, 1.82) is 0 Å². The Bertz CT molecular complexity index is 353. The molecule has 1 aromatic heterocycles. The molecule has 0 atom stereocenters. The molecule has 1 heterocycles. The summed E-state index contributed by atoms with van der Waals surface area (Å²) in [5.74, 6) is 0. The van der Waals surface area contributed by atoms with Crippen molar-refractivity contribution in [2.75, 3.05) is 0 Å². The Labute approximate surface area is 59.7 Å². The molecule has 0 saturated heterocycles. The summed E-state index contributed by atoms with van der Waals surface area (Å²) in [5, 5.41) is 7.76. The summed E-state index contributed by atoms with van der Waals surface area (Å²) in [5.41, 5.74) is 1.79. The molecule has 0 bridgehead atoms. The number of hydrogen-bond acceptors (Lipinski definition) is 1. The van der Waals surface area contributed by atoms with Gasteiger partial charge in [0.25, 0.3) is 0 Å². The lowest BCUT2D eigenvalue weighted by Crippen LogP contribution is -1.98. The van der Waals surface area contributed by atoms with Crippen LogP contribution < -0.4 is 5.46 Å². The maximum atomic E-state index is 5.54. The molecule has 1 N–H and O–H groups in total. The number of fused-ring (bicyclic) bond motifs is 1. The molecule has 2 radical (unpaired) electrons. The van der Waals surface area contributed by atoms with E-state index in [-0.39, 0.29) is 0 Å². The van der Waals surface area contributed by atoms with Crippen molar-refractivity contribution in [3.63, 3.8) is 0 Å². The predicted octanol–water partition coefficient (Wildman–Crippen LogP) is 0.357. The smallest absolute Gasteiger partial charge is 0.113 e. The summed E-state index contributed by atoms with van der Waals surface area (Å²) in [6.45, 7) is 0. The number of aromatic nitrogens is 2. The minimum Gasteiger partial charge on any atom is -0.278 e. The Kier molecular flexibility index (Phi) is 1.03. The number of H-pyrrole nitrogens is 1. The maximum absolute atomic E-state index is 5.54. The van der Waals surface area contributed by atoms with Gasteiger partial charge in [-0.15, -0.1) is 0 Å². The van der Waals surface area contributed by atoms with Gasteiger partial charge in [-0.05, 0) is 6.07 Å². The molecular formula is C7H5BN2. The molecule has 0 aliphatic rings. The summed E-state index contributed by atoms with van der Waals surface area (Å²) in [4.78, 5) is 0. The van der Waals surface area contributed by atoms with E-state index in [1.165, 1.54) is 0 Å². The van der Waals surface area contributed by atoms with Gasteiger partial charge in [-0.1, -0.05) is 17.6 Å². The first-order valence-corrected chi connectivity index (χ1v) is 3.05. The van der Waals surface area contributed by atoms with Gasteiger partial charge in [0.15, 0.2) is 0 Å². The van der Waals surface area contributed by atoms with Crippen molar-refractivity contribution in [2.24, 2.45) is 0 Å². The van der Waals surface area contributed by atoms with E-state index >= 15 is 0 Å². The molecule has 46 valence electrons. The number of hydrogen-bond donors (Lipinski definition) is 1. The van der Waals surface area contributed by atoms with Crippen molar-refractivity contribution in [3.05, 3.63) is 24.4 Å². The molecule has 10 heavy (non-hydrogen) atoms. The third-order valence-electron chi connectivity index (χ3n) is 1.46. The molecule has 0 amide bonds. The average molecular weight is 128 g/mol. The van der Waals surface area contributed by atoms with Crippen LogP contribution in [-0.2, 0) is 0 Å². The van der Waals surface area contributed by atoms with Gasteiger partial charge >= 0.3 is 0 Å². The zero-order valence-corrected chi connectivity index (χ0v) is 5.33. The van der Waals surface area contributed by atoms with E-state index in [4.69, 9.17) is 7.85 Å². The second-order valence-electron chi connectivity index (χ2n) is 2.22. The third-order valence-corrected chi connectivity index (χ3v) is 1.46. The summed E-state index contributed by atoms with van der Waals surface area (Å²) in [6, 6.07) is 5.65. The van der Waals surface area contributed by atoms with Crippen molar-refractivity contribution in [1.82, 2.24) is 10.2 Å². The van der Waals surface area contributed by atoms with Crippen LogP contribution in [-0.4, -0.2) is 18.0 Å². The van der Waals surface area contributed by atoms with Crippen LogP contribution in [0.4, 0.5) is 0 Å². The van der Waals surface area contributed by atoms with Crippen molar-refractivity contribution < 1.29 is 0 Å². The molecule has 0 saturated carbocycles. The van der Waals surface area contributed by atoms with E-state index in [9.17, 15) is 0 Å². The molecule has 2 rings (SSSR count). The fraction of sp³-hybridized carbons (Fsp3) is 0. The largest absolute Gasteiger partial charge is 0.278 e. The molecule has 2 aromatic rings. The second kappa shape index (κ2) is 1.87. The topological polar surface area (TPSA) is 28.7 Å². The number of rotatable bonds is 0. The number of aromatic amines is 1. The number of nitrogens with zero attached hydrogens (tertiary/aromatic N) is 1. The van der Waals surface area contributed by atoms with Gasteiger partial charge < -0.3 is 0 Å². The fourth-order valence-electron chi connectivity index (χ4n) is 0.961. The average Bonchev–Trinajstić information content (AvgIpc) is 2.33. The highest BCUT2D eigenvalue weighted by molar-refractivity contribution is 6.33. The first-order chi connectivity index (χ1) is 4.86. The molecule has 3 heteroatoms. The van der Waals surface area contributed by atoms with Crippen molar-refractivity contribution in [2.45, 2.75) is 0 Å². The number of benzene rings is 1. The first kappa shape index (κ1) is 5.53. The van der Waals surface area contributed by atoms with Crippen LogP contribution in [0.15, 0.2) is 24.4 Å². The van der Waals surface area contributed by atoms with E-state index in [1.54, 1.807) is 6.20 Å². The Morgan fingerprint density at radius 1 is 1.40 bits per heavy atom. The highest BCUT2D eigenvalue weighted by atomic mass is 15.1. The zero-order chi connectivity index (χ0) is 6.97. The van der Waals surface area contributed by atoms with Crippen molar-refractivity contribution >= 4 is 24.2 Å².